The number of benzene rings is 2. The Hall–Kier alpha value is -2.62. The summed E-state index contributed by atoms with van der Waals surface area (Å²) in [6.07, 6.45) is 2.48. The molecule has 0 radical (unpaired) electrons. The highest BCUT2D eigenvalue weighted by atomic mass is 16.5. The second-order valence-corrected chi connectivity index (χ2v) is 12.2. The summed E-state index contributed by atoms with van der Waals surface area (Å²) >= 11 is 0. The molecule has 0 saturated carbocycles. The van der Waals surface area contributed by atoms with E-state index >= 15 is 0 Å². The lowest BCUT2D eigenvalue weighted by molar-refractivity contribution is 0.130. The molecule has 0 bridgehead atoms. The van der Waals surface area contributed by atoms with Gasteiger partial charge in [-0.1, -0.05) is 104 Å². The second kappa shape index (κ2) is 11.8. The van der Waals surface area contributed by atoms with Crippen molar-refractivity contribution in [3.8, 4) is 0 Å². The van der Waals surface area contributed by atoms with Crippen LogP contribution in [0.1, 0.15) is 95.9 Å². The van der Waals surface area contributed by atoms with Gasteiger partial charge in [0.05, 0.1) is 18.5 Å². The van der Waals surface area contributed by atoms with Gasteiger partial charge in [0, 0.05) is 0 Å². The summed E-state index contributed by atoms with van der Waals surface area (Å²) in [6, 6.07) is 18.1. The molecule has 0 aromatic heterocycles. The molecule has 2 aromatic rings. The van der Waals surface area contributed by atoms with Crippen LogP contribution in [-0.4, -0.2) is 36.1 Å². The maximum atomic E-state index is 6.43. The van der Waals surface area contributed by atoms with Crippen molar-refractivity contribution in [3.05, 3.63) is 70.8 Å². The van der Waals surface area contributed by atoms with Crippen LogP contribution in [0.15, 0.2) is 58.5 Å². The first-order valence-corrected chi connectivity index (χ1v) is 14.2. The molecule has 2 aliphatic heterocycles. The number of ether oxygens (including phenoxy) is 2. The third kappa shape index (κ3) is 6.83. The lowest BCUT2D eigenvalue weighted by atomic mass is 9.93. The lowest BCUT2D eigenvalue weighted by Gasteiger charge is -2.22. The number of nitrogens with zero attached hydrogens (tertiary/aromatic N) is 2. The second-order valence-electron chi connectivity index (χ2n) is 12.2. The van der Waals surface area contributed by atoms with Crippen LogP contribution in [0.25, 0.3) is 0 Å². The molecule has 2 aliphatic rings. The summed E-state index contributed by atoms with van der Waals surface area (Å²) in [6.45, 7) is 17.9. The Kier molecular flexibility index (Phi) is 8.77. The van der Waals surface area contributed by atoms with E-state index in [1.54, 1.807) is 0 Å². The monoisotopic (exact) mass is 502 g/mol. The van der Waals surface area contributed by atoms with Crippen LogP contribution in [0.3, 0.4) is 0 Å². The Labute approximate surface area is 224 Å². The van der Waals surface area contributed by atoms with Crippen molar-refractivity contribution in [1.82, 2.24) is 0 Å². The van der Waals surface area contributed by atoms with Crippen molar-refractivity contribution >= 4 is 11.8 Å². The van der Waals surface area contributed by atoms with Crippen LogP contribution in [0, 0.1) is 11.8 Å². The smallest absolute Gasteiger partial charge is 0.193 e. The summed E-state index contributed by atoms with van der Waals surface area (Å²) in [4.78, 5) is 10.1. The van der Waals surface area contributed by atoms with Crippen LogP contribution < -0.4 is 0 Å². The third-order valence-corrected chi connectivity index (χ3v) is 7.66. The normalized spacial score (nSPS) is 23.6. The van der Waals surface area contributed by atoms with Gasteiger partial charge >= 0.3 is 0 Å². The minimum Gasteiger partial charge on any atom is -0.475 e. The van der Waals surface area contributed by atoms with E-state index in [1.165, 1.54) is 22.3 Å². The highest BCUT2D eigenvalue weighted by molar-refractivity contribution is 5.98. The molecule has 4 atom stereocenters. The fourth-order valence-corrected chi connectivity index (χ4v) is 5.48. The highest BCUT2D eigenvalue weighted by Crippen LogP contribution is 2.30. The molecule has 0 fully saturated rings. The van der Waals surface area contributed by atoms with Gasteiger partial charge in [-0.05, 0) is 58.8 Å². The Morgan fingerprint density at radius 3 is 1.38 bits per heavy atom. The van der Waals surface area contributed by atoms with E-state index < -0.39 is 0 Å². The molecule has 2 unspecified atom stereocenters. The first-order chi connectivity index (χ1) is 17.6. The molecular formula is C33H46N2O2. The predicted molar refractivity (Wildman–Crippen MR) is 155 cm³/mol. The Morgan fingerprint density at radius 2 is 1.03 bits per heavy atom. The molecule has 0 spiro atoms. The van der Waals surface area contributed by atoms with Gasteiger partial charge in [0.15, 0.2) is 11.8 Å². The zero-order valence-corrected chi connectivity index (χ0v) is 24.1. The molecule has 37 heavy (non-hydrogen) atoms. The van der Waals surface area contributed by atoms with Crippen LogP contribution in [0.4, 0.5) is 0 Å². The van der Waals surface area contributed by atoms with Crippen LogP contribution >= 0.6 is 0 Å². The zero-order chi connectivity index (χ0) is 26.7. The maximum Gasteiger partial charge on any atom is 0.193 e. The quantitative estimate of drug-likeness (QED) is 0.333. The number of hydrogen-bond donors (Lipinski definition) is 0. The van der Waals surface area contributed by atoms with Gasteiger partial charge < -0.3 is 9.47 Å². The number of aliphatic imine (C=N–C) groups is 2. The molecule has 0 N–H and O–H groups in total. The fourth-order valence-electron chi connectivity index (χ4n) is 5.48. The molecular weight excluding hydrogens is 456 g/mol. The minimum atomic E-state index is 0.0789. The van der Waals surface area contributed by atoms with Crippen molar-refractivity contribution in [2.75, 3.05) is 0 Å². The first kappa shape index (κ1) is 27.4. The Morgan fingerprint density at radius 1 is 0.622 bits per heavy atom. The van der Waals surface area contributed by atoms with Crippen LogP contribution in [0.5, 0.6) is 0 Å². The van der Waals surface area contributed by atoms with Crippen molar-refractivity contribution in [2.24, 2.45) is 21.8 Å². The van der Waals surface area contributed by atoms with Crippen LogP contribution in [0.2, 0.25) is 0 Å². The molecule has 4 heteroatoms. The summed E-state index contributed by atoms with van der Waals surface area (Å²) in [7, 11) is 0. The average molecular weight is 503 g/mol. The van der Waals surface area contributed by atoms with Gasteiger partial charge in [0.1, 0.15) is 12.2 Å². The van der Waals surface area contributed by atoms with Gasteiger partial charge in [-0.3, -0.25) is 0 Å². The molecule has 2 aromatic carbocycles. The summed E-state index contributed by atoms with van der Waals surface area (Å²) in [5.41, 5.74) is 5.40. The predicted octanol–water partition coefficient (Wildman–Crippen LogP) is 7.75. The standard InChI is InChI=1S/C33H46N2O2/c1-20(2)26-13-9-11-24(15-26)17-28-32(22(5)6)36-30(34-28)19-31-35-29(33(37-31)23(7)8)18-25-12-10-14-27(16-25)21(3)4/h9-16,20-23,28-29,32-33H,17-19H2,1-8H3/t28-,29-,32?,33?/m1/s1. The van der Waals surface area contributed by atoms with Crippen LogP contribution in [-0.2, 0) is 22.3 Å². The van der Waals surface area contributed by atoms with E-state index in [0.717, 1.165) is 24.6 Å². The first-order valence-electron chi connectivity index (χ1n) is 14.2. The number of hydrogen-bond acceptors (Lipinski definition) is 4. The maximum absolute atomic E-state index is 6.43. The van der Waals surface area contributed by atoms with E-state index in [1.807, 2.05) is 0 Å². The number of rotatable bonds is 10. The van der Waals surface area contributed by atoms with Gasteiger partial charge in [-0.2, -0.15) is 0 Å². The molecule has 4 nitrogen and oxygen atoms in total. The topological polar surface area (TPSA) is 43.2 Å². The molecule has 0 amide bonds. The van der Waals surface area contributed by atoms with E-state index in [2.05, 4.69) is 104 Å². The largest absolute Gasteiger partial charge is 0.475 e. The molecule has 0 saturated heterocycles. The minimum absolute atomic E-state index is 0.0789. The molecule has 2 heterocycles. The molecule has 4 rings (SSSR count). The van der Waals surface area contributed by atoms with E-state index in [0.29, 0.717) is 30.1 Å². The van der Waals surface area contributed by atoms with Crippen molar-refractivity contribution in [3.63, 3.8) is 0 Å². The van der Waals surface area contributed by atoms with E-state index in [-0.39, 0.29) is 24.3 Å². The fraction of sp³-hybridized carbons (Fsp3) is 0.576. The average Bonchev–Trinajstić information content (AvgIpc) is 3.43. The van der Waals surface area contributed by atoms with Crippen molar-refractivity contribution < 1.29 is 9.47 Å². The summed E-state index contributed by atoms with van der Waals surface area (Å²) < 4.78 is 12.9. The van der Waals surface area contributed by atoms with E-state index in [9.17, 15) is 0 Å². The summed E-state index contributed by atoms with van der Waals surface area (Å²) in [5, 5.41) is 0. The van der Waals surface area contributed by atoms with Crippen molar-refractivity contribution in [1.29, 1.82) is 0 Å². The SMILES string of the molecule is CC(C)c1cccc(C[C@H]2N=C(CC3=N[C@H](Cc4cccc(C(C)C)c4)C(C(C)C)O3)OC2C(C)C)c1. The van der Waals surface area contributed by atoms with Gasteiger partial charge in [0.2, 0.25) is 0 Å². The lowest BCUT2D eigenvalue weighted by Crippen LogP contribution is -2.30. The van der Waals surface area contributed by atoms with Gasteiger partial charge in [0.25, 0.3) is 0 Å². The third-order valence-electron chi connectivity index (χ3n) is 7.66. The Bertz CT molecular complexity index is 1030. The zero-order valence-electron chi connectivity index (χ0n) is 24.1. The molecule has 0 aliphatic carbocycles. The van der Waals surface area contributed by atoms with Crippen molar-refractivity contribution in [2.45, 2.75) is 111 Å². The Balaban J connectivity index is 1.48. The van der Waals surface area contributed by atoms with E-state index in [4.69, 9.17) is 19.5 Å². The molecule has 200 valence electrons. The highest BCUT2D eigenvalue weighted by Gasteiger charge is 2.37. The van der Waals surface area contributed by atoms with Gasteiger partial charge in [-0.15, -0.1) is 0 Å². The summed E-state index contributed by atoms with van der Waals surface area (Å²) in [5.74, 6) is 3.35. The van der Waals surface area contributed by atoms with Gasteiger partial charge in [-0.25, -0.2) is 9.98 Å².